The van der Waals surface area contributed by atoms with Crippen molar-refractivity contribution in [1.29, 1.82) is 0 Å². The van der Waals surface area contributed by atoms with E-state index in [4.69, 9.17) is 9.22 Å². The van der Waals surface area contributed by atoms with Crippen LogP contribution in [0.4, 0.5) is 0 Å². The van der Waals surface area contributed by atoms with Crippen LogP contribution in [-0.2, 0) is 23.6 Å². The van der Waals surface area contributed by atoms with Gasteiger partial charge in [-0.05, 0) is 0 Å². The molecule has 0 spiro atoms. The van der Waals surface area contributed by atoms with Crippen molar-refractivity contribution in [2.75, 3.05) is 0 Å². The van der Waals surface area contributed by atoms with Gasteiger partial charge in [0.2, 0.25) is 0 Å². The van der Waals surface area contributed by atoms with E-state index in [0.717, 1.165) is 0 Å². The van der Waals surface area contributed by atoms with Crippen LogP contribution in [0.3, 0.4) is 0 Å². The van der Waals surface area contributed by atoms with Crippen molar-refractivity contribution in [2.24, 2.45) is 17.8 Å². The molecule has 140 valence electrons. The van der Waals surface area contributed by atoms with Crippen LogP contribution in [0.1, 0.15) is 68.7 Å². The molecule has 0 unspecified atom stereocenters. The van der Waals surface area contributed by atoms with E-state index in [2.05, 4.69) is 0 Å². The van der Waals surface area contributed by atoms with Crippen molar-refractivity contribution in [3.05, 3.63) is 0 Å². The van der Waals surface area contributed by atoms with E-state index < -0.39 is 58.7 Å². The summed E-state index contributed by atoms with van der Waals surface area (Å²) in [6, 6.07) is 0. The first-order chi connectivity index (χ1) is 10.8. The van der Waals surface area contributed by atoms with E-state index in [1.54, 1.807) is 41.5 Å². The second-order valence-corrected chi connectivity index (χ2v) is 16.3. The van der Waals surface area contributed by atoms with Gasteiger partial charge in [0.25, 0.3) is 0 Å². The van der Waals surface area contributed by atoms with Gasteiger partial charge in [0.1, 0.15) is 0 Å². The Kier molecular flexibility index (Phi) is 8.76. The molecule has 0 aromatic heterocycles. The third-order valence-corrected chi connectivity index (χ3v) is 13.6. The summed E-state index contributed by atoms with van der Waals surface area (Å²) in [4.78, 5) is 36.8. The zero-order valence-corrected chi connectivity index (χ0v) is 19.2. The Balaban J connectivity index is 6.04. The SMILES string of the molecule is CC[C](C)(C)[Sn]([O]C(=O)C(C)C)([O]C(=O)C(C)C)[O]C(=O)C(C)C. The van der Waals surface area contributed by atoms with Crippen molar-refractivity contribution in [3.63, 3.8) is 0 Å². The number of carbonyl (C=O) groups excluding carboxylic acids is 3. The maximum absolute atomic E-state index is 12.3. The van der Waals surface area contributed by atoms with Gasteiger partial charge in [-0.3, -0.25) is 0 Å². The number of carbonyl (C=O) groups is 3. The summed E-state index contributed by atoms with van der Waals surface area (Å²) in [6.07, 6.45) is 0.547. The zero-order valence-electron chi connectivity index (χ0n) is 16.4. The molecule has 6 nitrogen and oxygen atoms in total. The minimum absolute atomic E-state index is 0.413. The van der Waals surface area contributed by atoms with Crippen molar-refractivity contribution < 1.29 is 23.6 Å². The first-order valence-corrected chi connectivity index (χ1v) is 13.4. The van der Waals surface area contributed by atoms with Crippen molar-refractivity contribution in [1.82, 2.24) is 0 Å². The number of rotatable bonds is 8. The molecular formula is C17H32O6Sn. The predicted octanol–water partition coefficient (Wildman–Crippen LogP) is 3.71. The van der Waals surface area contributed by atoms with Crippen LogP contribution in [-0.4, -0.2) is 37.5 Å². The van der Waals surface area contributed by atoms with Gasteiger partial charge in [0.15, 0.2) is 0 Å². The first-order valence-electron chi connectivity index (χ1n) is 8.48. The monoisotopic (exact) mass is 452 g/mol. The third kappa shape index (κ3) is 5.93. The Labute approximate surface area is 151 Å². The summed E-state index contributed by atoms with van der Waals surface area (Å²) in [5, 5.41) is 0. The molecule has 0 aromatic carbocycles. The van der Waals surface area contributed by atoms with Crippen molar-refractivity contribution in [3.8, 4) is 0 Å². The fourth-order valence-corrected chi connectivity index (χ4v) is 9.69. The molecule has 0 fully saturated rings. The average molecular weight is 451 g/mol. The molecule has 0 aliphatic rings. The molecule has 0 aromatic rings. The second kappa shape index (κ2) is 9.06. The fraction of sp³-hybridized carbons (Fsp3) is 0.824. The summed E-state index contributed by atoms with van der Waals surface area (Å²) >= 11 is -4.90. The van der Waals surface area contributed by atoms with E-state index in [1.165, 1.54) is 0 Å². The van der Waals surface area contributed by atoms with Crippen LogP contribution >= 0.6 is 0 Å². The molecule has 0 saturated heterocycles. The van der Waals surface area contributed by atoms with E-state index in [9.17, 15) is 14.4 Å². The van der Waals surface area contributed by atoms with Crippen LogP contribution in [0.5, 0.6) is 0 Å². The Hall–Kier alpha value is -0.791. The van der Waals surface area contributed by atoms with Gasteiger partial charge in [-0.15, -0.1) is 0 Å². The first kappa shape index (κ1) is 23.2. The summed E-state index contributed by atoms with van der Waals surface area (Å²) < 4.78 is 16.3. The van der Waals surface area contributed by atoms with Gasteiger partial charge in [0.05, 0.1) is 0 Å². The molecule has 0 aliphatic heterocycles. The number of hydrogen-bond acceptors (Lipinski definition) is 6. The second-order valence-electron chi connectivity index (χ2n) is 7.52. The fourth-order valence-electron chi connectivity index (χ4n) is 1.44. The molecule has 0 aliphatic carbocycles. The molecular weight excluding hydrogens is 419 g/mol. The average Bonchev–Trinajstić information content (AvgIpc) is 2.45. The summed E-state index contributed by atoms with van der Waals surface area (Å²) in [5.41, 5.74) is 0. The van der Waals surface area contributed by atoms with E-state index in [1.807, 2.05) is 20.8 Å². The molecule has 0 saturated carbocycles. The van der Waals surface area contributed by atoms with Crippen LogP contribution < -0.4 is 0 Å². The predicted molar refractivity (Wildman–Crippen MR) is 92.9 cm³/mol. The van der Waals surface area contributed by atoms with Crippen LogP contribution in [0.15, 0.2) is 0 Å². The van der Waals surface area contributed by atoms with Gasteiger partial charge in [-0.2, -0.15) is 0 Å². The van der Waals surface area contributed by atoms with Crippen molar-refractivity contribution >= 4 is 37.5 Å². The Bertz CT molecular complexity index is 413. The topological polar surface area (TPSA) is 78.9 Å². The van der Waals surface area contributed by atoms with Crippen LogP contribution in [0.2, 0.25) is 3.43 Å². The van der Waals surface area contributed by atoms with Crippen LogP contribution in [0, 0.1) is 17.8 Å². The summed E-state index contributed by atoms with van der Waals surface area (Å²) in [5.74, 6) is -2.78. The minimum atomic E-state index is -4.90. The molecule has 0 N–H and O–H groups in total. The summed E-state index contributed by atoms with van der Waals surface area (Å²) in [7, 11) is 0. The molecule has 0 heterocycles. The maximum atomic E-state index is 12.3. The molecule has 0 radical (unpaired) electrons. The molecule has 0 rings (SSSR count). The van der Waals surface area contributed by atoms with Gasteiger partial charge >= 0.3 is 151 Å². The van der Waals surface area contributed by atoms with Crippen LogP contribution in [0.25, 0.3) is 0 Å². The van der Waals surface area contributed by atoms with E-state index >= 15 is 0 Å². The molecule has 0 amide bonds. The molecule has 0 bridgehead atoms. The van der Waals surface area contributed by atoms with E-state index in [-0.39, 0.29) is 0 Å². The number of hydrogen-bond donors (Lipinski definition) is 0. The summed E-state index contributed by atoms with van der Waals surface area (Å²) in [6.45, 7) is 15.6. The van der Waals surface area contributed by atoms with Gasteiger partial charge in [-0.25, -0.2) is 0 Å². The normalized spacial score (nSPS) is 12.5. The zero-order chi connectivity index (χ0) is 19.3. The van der Waals surface area contributed by atoms with Gasteiger partial charge in [-0.1, -0.05) is 0 Å². The Morgan fingerprint density at radius 3 is 1.17 bits per heavy atom. The molecule has 0 atom stereocenters. The standard InChI is InChI=1S/C5H11.3C4H8O2.Sn/c1-4-5(2)3;3*1-3(2)4(5)6;/h4H2,1-3H3;3*3H,1-2H3,(H,5,6);/q;;;;+3/p-3. The molecule has 24 heavy (non-hydrogen) atoms. The third-order valence-electron chi connectivity index (χ3n) is 3.83. The van der Waals surface area contributed by atoms with E-state index in [0.29, 0.717) is 6.42 Å². The van der Waals surface area contributed by atoms with Gasteiger partial charge in [0, 0.05) is 0 Å². The Morgan fingerprint density at radius 1 is 0.750 bits per heavy atom. The quantitative estimate of drug-likeness (QED) is 0.524. The Morgan fingerprint density at radius 2 is 1.00 bits per heavy atom. The van der Waals surface area contributed by atoms with Crippen molar-refractivity contribution in [2.45, 2.75) is 72.2 Å². The van der Waals surface area contributed by atoms with Gasteiger partial charge < -0.3 is 0 Å². The molecule has 7 heteroatoms.